The van der Waals surface area contributed by atoms with E-state index in [-0.39, 0.29) is 23.6 Å². The first-order valence-electron chi connectivity index (χ1n) is 9.60. The highest BCUT2D eigenvalue weighted by Gasteiger charge is 2.29. The van der Waals surface area contributed by atoms with Gasteiger partial charge in [0, 0.05) is 37.7 Å². The summed E-state index contributed by atoms with van der Waals surface area (Å²) < 4.78 is 25.5. The maximum atomic E-state index is 12.5. The Morgan fingerprint density at radius 3 is 2.70 bits per heavy atom. The van der Waals surface area contributed by atoms with Crippen molar-refractivity contribution < 1.29 is 18.0 Å². The van der Waals surface area contributed by atoms with E-state index >= 15 is 0 Å². The molecule has 0 aliphatic carbocycles. The van der Waals surface area contributed by atoms with E-state index in [0.717, 1.165) is 19.4 Å². The lowest BCUT2D eigenvalue weighted by Gasteiger charge is -2.27. The highest BCUT2D eigenvalue weighted by Crippen LogP contribution is 2.24. The second kappa shape index (κ2) is 8.29. The molecule has 2 aliphatic heterocycles. The number of rotatable bonds is 7. The Kier molecular flexibility index (Phi) is 6.04. The summed E-state index contributed by atoms with van der Waals surface area (Å²) in [5.41, 5.74) is 0.981. The molecule has 1 aromatic carbocycles. The van der Waals surface area contributed by atoms with Gasteiger partial charge < -0.3 is 10.2 Å². The third kappa shape index (κ3) is 4.43. The molecule has 7 nitrogen and oxygen atoms in total. The van der Waals surface area contributed by atoms with Gasteiger partial charge in [0.15, 0.2) is 0 Å². The summed E-state index contributed by atoms with van der Waals surface area (Å²) in [4.78, 5) is 26.3. The van der Waals surface area contributed by atoms with Gasteiger partial charge in [-0.05, 0) is 43.9 Å². The SMILES string of the molecule is CC[C@@H](CCNC(=O)c1cccc(N2CCCS2(=O)=O)c1)N1CCCC1=O. The summed E-state index contributed by atoms with van der Waals surface area (Å²) in [6.45, 7) is 3.79. The van der Waals surface area contributed by atoms with Crippen LogP contribution in [0, 0.1) is 0 Å². The van der Waals surface area contributed by atoms with E-state index in [1.807, 2.05) is 4.90 Å². The number of hydrogen-bond acceptors (Lipinski definition) is 4. The molecule has 1 aromatic rings. The molecule has 2 aliphatic rings. The minimum atomic E-state index is -3.26. The zero-order chi connectivity index (χ0) is 19.4. The molecule has 148 valence electrons. The topological polar surface area (TPSA) is 86.8 Å². The first kappa shape index (κ1) is 19.7. The Morgan fingerprint density at radius 1 is 1.26 bits per heavy atom. The molecule has 1 N–H and O–H groups in total. The summed E-state index contributed by atoms with van der Waals surface area (Å²) in [5.74, 6) is 0.126. The van der Waals surface area contributed by atoms with Crippen LogP contribution < -0.4 is 9.62 Å². The van der Waals surface area contributed by atoms with Crippen LogP contribution in [0.4, 0.5) is 5.69 Å². The lowest BCUT2D eigenvalue weighted by molar-refractivity contribution is -0.129. The fraction of sp³-hybridized carbons (Fsp3) is 0.579. The molecule has 3 rings (SSSR count). The number of anilines is 1. The highest BCUT2D eigenvalue weighted by molar-refractivity contribution is 7.93. The Morgan fingerprint density at radius 2 is 2.07 bits per heavy atom. The van der Waals surface area contributed by atoms with Crippen LogP contribution in [0.15, 0.2) is 24.3 Å². The molecule has 8 heteroatoms. The first-order chi connectivity index (χ1) is 12.9. The molecule has 0 bridgehead atoms. The Balaban J connectivity index is 1.58. The molecule has 1 atom stereocenters. The highest BCUT2D eigenvalue weighted by atomic mass is 32.2. The van der Waals surface area contributed by atoms with Gasteiger partial charge in [0.05, 0.1) is 11.4 Å². The van der Waals surface area contributed by atoms with Crippen LogP contribution >= 0.6 is 0 Å². The number of amides is 2. The zero-order valence-electron chi connectivity index (χ0n) is 15.7. The molecule has 0 saturated carbocycles. The van der Waals surface area contributed by atoms with Crippen molar-refractivity contribution in [2.45, 2.75) is 45.1 Å². The molecule has 2 saturated heterocycles. The summed E-state index contributed by atoms with van der Waals surface area (Å²) in [7, 11) is -3.26. The molecular weight excluding hydrogens is 366 g/mol. The predicted molar refractivity (Wildman–Crippen MR) is 104 cm³/mol. The van der Waals surface area contributed by atoms with Crippen LogP contribution in [0.25, 0.3) is 0 Å². The summed E-state index contributed by atoms with van der Waals surface area (Å²) in [5, 5.41) is 2.90. The molecule has 27 heavy (non-hydrogen) atoms. The van der Waals surface area contributed by atoms with Crippen LogP contribution in [0.5, 0.6) is 0 Å². The van der Waals surface area contributed by atoms with Crippen LogP contribution in [0.1, 0.15) is 49.4 Å². The van der Waals surface area contributed by atoms with Gasteiger partial charge in [-0.3, -0.25) is 13.9 Å². The van der Waals surface area contributed by atoms with Gasteiger partial charge in [0.1, 0.15) is 0 Å². The third-order valence-corrected chi connectivity index (χ3v) is 7.15. The smallest absolute Gasteiger partial charge is 0.251 e. The Hall–Kier alpha value is -2.09. The van der Waals surface area contributed by atoms with E-state index in [4.69, 9.17) is 0 Å². The second-order valence-corrected chi connectivity index (χ2v) is 9.10. The van der Waals surface area contributed by atoms with Crippen molar-refractivity contribution in [1.29, 1.82) is 0 Å². The average Bonchev–Trinajstić information content (AvgIpc) is 3.23. The minimum Gasteiger partial charge on any atom is -0.352 e. The number of hydrogen-bond donors (Lipinski definition) is 1. The van der Waals surface area contributed by atoms with Crippen molar-refractivity contribution in [1.82, 2.24) is 10.2 Å². The normalized spacial score (nSPS) is 20.1. The van der Waals surface area contributed by atoms with Gasteiger partial charge in [-0.2, -0.15) is 0 Å². The van der Waals surface area contributed by atoms with E-state index in [1.54, 1.807) is 24.3 Å². The molecule has 0 spiro atoms. The summed E-state index contributed by atoms with van der Waals surface area (Å²) >= 11 is 0. The third-order valence-electron chi connectivity index (χ3n) is 5.28. The van der Waals surface area contributed by atoms with E-state index in [0.29, 0.717) is 43.6 Å². The number of likely N-dealkylation sites (tertiary alicyclic amines) is 1. The maximum absolute atomic E-state index is 12.5. The number of carbonyl (C=O) groups is 2. The molecule has 0 aromatic heterocycles. The van der Waals surface area contributed by atoms with Gasteiger partial charge >= 0.3 is 0 Å². The fourth-order valence-corrected chi connectivity index (χ4v) is 5.38. The molecule has 2 heterocycles. The number of sulfonamides is 1. The monoisotopic (exact) mass is 393 g/mol. The number of nitrogens with one attached hydrogen (secondary N) is 1. The van der Waals surface area contributed by atoms with E-state index < -0.39 is 10.0 Å². The van der Waals surface area contributed by atoms with Crippen LogP contribution in [0.3, 0.4) is 0 Å². The van der Waals surface area contributed by atoms with Crippen LogP contribution in [0.2, 0.25) is 0 Å². The van der Waals surface area contributed by atoms with Crippen LogP contribution in [-0.2, 0) is 14.8 Å². The van der Waals surface area contributed by atoms with Crippen molar-refractivity contribution in [3.63, 3.8) is 0 Å². The van der Waals surface area contributed by atoms with Crippen molar-refractivity contribution >= 4 is 27.5 Å². The lowest BCUT2D eigenvalue weighted by Crippen LogP contribution is -2.38. The number of benzene rings is 1. The van der Waals surface area contributed by atoms with Gasteiger partial charge in [-0.15, -0.1) is 0 Å². The lowest BCUT2D eigenvalue weighted by atomic mass is 10.1. The molecule has 2 fully saturated rings. The van der Waals surface area contributed by atoms with Gasteiger partial charge in [0.25, 0.3) is 5.91 Å². The quantitative estimate of drug-likeness (QED) is 0.765. The average molecular weight is 394 g/mol. The Bertz CT molecular complexity index is 809. The van der Waals surface area contributed by atoms with Crippen molar-refractivity contribution in [2.24, 2.45) is 0 Å². The second-order valence-electron chi connectivity index (χ2n) is 7.09. The van der Waals surface area contributed by atoms with E-state index in [9.17, 15) is 18.0 Å². The maximum Gasteiger partial charge on any atom is 0.251 e. The standard InChI is InChI=1S/C19H27N3O4S/c1-2-16(21-11-4-8-18(21)23)9-10-20-19(24)15-6-3-7-17(14-15)22-12-5-13-27(22,25)26/h3,6-7,14,16H,2,4-5,8-13H2,1H3,(H,20,24)/t16-/m0/s1. The largest absolute Gasteiger partial charge is 0.352 e. The van der Waals surface area contributed by atoms with Crippen molar-refractivity contribution in [2.75, 3.05) is 29.7 Å². The number of nitrogens with zero attached hydrogens (tertiary/aromatic N) is 2. The molecular formula is C19H27N3O4S. The first-order valence-corrected chi connectivity index (χ1v) is 11.2. The number of carbonyl (C=O) groups excluding carboxylic acids is 2. The van der Waals surface area contributed by atoms with E-state index in [2.05, 4.69) is 12.2 Å². The molecule has 2 amide bonds. The van der Waals surface area contributed by atoms with Gasteiger partial charge in [0.2, 0.25) is 15.9 Å². The summed E-state index contributed by atoms with van der Waals surface area (Å²) in [6.07, 6.45) is 3.72. The summed E-state index contributed by atoms with van der Waals surface area (Å²) in [6, 6.07) is 6.88. The van der Waals surface area contributed by atoms with E-state index in [1.165, 1.54) is 4.31 Å². The molecule has 0 radical (unpaired) electrons. The van der Waals surface area contributed by atoms with Crippen molar-refractivity contribution in [3.05, 3.63) is 29.8 Å². The van der Waals surface area contributed by atoms with Gasteiger partial charge in [-0.1, -0.05) is 13.0 Å². The van der Waals surface area contributed by atoms with Crippen molar-refractivity contribution in [3.8, 4) is 0 Å². The molecule has 0 unspecified atom stereocenters. The van der Waals surface area contributed by atoms with Gasteiger partial charge in [-0.25, -0.2) is 8.42 Å². The minimum absolute atomic E-state index is 0.150. The van der Waals surface area contributed by atoms with Crippen LogP contribution in [-0.4, -0.2) is 56.6 Å². The predicted octanol–water partition coefficient (Wildman–Crippen LogP) is 1.75. The Labute approximate surface area is 160 Å². The zero-order valence-corrected chi connectivity index (χ0v) is 16.5. The fourth-order valence-electron chi connectivity index (χ4n) is 3.82.